The summed E-state index contributed by atoms with van der Waals surface area (Å²) in [7, 11) is 1.87. The van der Waals surface area contributed by atoms with E-state index < -0.39 is 0 Å². The zero-order chi connectivity index (χ0) is 13.7. The third-order valence-electron chi connectivity index (χ3n) is 2.79. The molecule has 1 aromatic carbocycles. The van der Waals surface area contributed by atoms with Crippen molar-refractivity contribution in [2.45, 2.75) is 13.0 Å². The van der Waals surface area contributed by atoms with Crippen molar-refractivity contribution in [3.05, 3.63) is 41.2 Å². The van der Waals surface area contributed by atoms with Gasteiger partial charge in [0.1, 0.15) is 12.4 Å². The summed E-state index contributed by atoms with van der Waals surface area (Å²) in [6.45, 7) is 3.41. The maximum atomic E-state index is 5.84. The first-order valence-electron chi connectivity index (χ1n) is 6.17. The zero-order valence-corrected chi connectivity index (χ0v) is 11.8. The van der Waals surface area contributed by atoms with Gasteiger partial charge in [-0.3, -0.25) is 4.68 Å². The number of likely N-dealkylation sites (N-methyl/N-ethyl adjacent to an activating group) is 1. The first-order chi connectivity index (χ1) is 9.20. The van der Waals surface area contributed by atoms with Gasteiger partial charge in [0.25, 0.3) is 0 Å². The van der Waals surface area contributed by atoms with E-state index in [1.165, 1.54) is 0 Å². The molecule has 2 aromatic rings. The van der Waals surface area contributed by atoms with Gasteiger partial charge in [-0.15, -0.1) is 5.10 Å². The molecule has 1 aromatic heterocycles. The van der Waals surface area contributed by atoms with Gasteiger partial charge >= 0.3 is 0 Å². The second-order valence-corrected chi connectivity index (χ2v) is 4.59. The minimum absolute atomic E-state index is 0.0562. The van der Waals surface area contributed by atoms with Gasteiger partial charge in [-0.1, -0.05) is 23.7 Å². The molecule has 0 aliphatic heterocycles. The van der Waals surface area contributed by atoms with E-state index in [4.69, 9.17) is 16.3 Å². The number of benzene rings is 1. The fraction of sp³-hybridized carbons (Fsp3) is 0.385. The van der Waals surface area contributed by atoms with Crippen LogP contribution in [0.3, 0.4) is 0 Å². The number of aryl methyl sites for hydroxylation is 1. The van der Waals surface area contributed by atoms with E-state index in [2.05, 4.69) is 22.6 Å². The molecule has 1 atom stereocenters. The Balaban J connectivity index is 2.01. The molecular weight excluding hydrogens is 264 g/mol. The Labute approximate surface area is 117 Å². The summed E-state index contributed by atoms with van der Waals surface area (Å²) in [4.78, 5) is 0. The average molecular weight is 281 g/mol. The fourth-order valence-electron chi connectivity index (χ4n) is 1.82. The molecule has 2 rings (SSSR count). The number of aromatic nitrogens is 3. The zero-order valence-electron chi connectivity index (χ0n) is 11.0. The van der Waals surface area contributed by atoms with Gasteiger partial charge in [0.15, 0.2) is 0 Å². The van der Waals surface area contributed by atoms with E-state index in [-0.39, 0.29) is 6.04 Å². The Morgan fingerprint density at radius 3 is 2.68 bits per heavy atom. The average Bonchev–Trinajstić information content (AvgIpc) is 2.83. The number of rotatable bonds is 6. The van der Waals surface area contributed by atoms with Crippen LogP contribution in [0.4, 0.5) is 0 Å². The molecule has 0 saturated carbocycles. The van der Waals surface area contributed by atoms with Gasteiger partial charge in [0.05, 0.1) is 17.9 Å². The van der Waals surface area contributed by atoms with Crippen molar-refractivity contribution in [1.29, 1.82) is 0 Å². The quantitative estimate of drug-likeness (QED) is 0.881. The Morgan fingerprint density at radius 2 is 2.11 bits per heavy atom. The van der Waals surface area contributed by atoms with E-state index >= 15 is 0 Å². The van der Waals surface area contributed by atoms with Crippen LogP contribution in [0.2, 0.25) is 5.02 Å². The summed E-state index contributed by atoms with van der Waals surface area (Å²) < 4.78 is 7.51. The van der Waals surface area contributed by atoms with Crippen molar-refractivity contribution in [2.24, 2.45) is 7.05 Å². The molecule has 0 bridgehead atoms. The van der Waals surface area contributed by atoms with Gasteiger partial charge in [-0.25, -0.2) is 0 Å². The van der Waals surface area contributed by atoms with Crippen molar-refractivity contribution < 1.29 is 4.74 Å². The van der Waals surface area contributed by atoms with Gasteiger partial charge in [0.2, 0.25) is 0 Å². The van der Waals surface area contributed by atoms with Crippen LogP contribution in [-0.4, -0.2) is 28.1 Å². The molecule has 1 N–H and O–H groups in total. The fourth-order valence-corrected chi connectivity index (χ4v) is 1.94. The molecule has 102 valence electrons. The standard InChI is InChI=1S/C13H17ClN4O/c1-3-15-12(13-8-16-17-18(13)2)9-19-11-6-4-10(14)5-7-11/h4-8,12,15H,3,9H2,1-2H3. The van der Waals surface area contributed by atoms with Crippen molar-refractivity contribution >= 4 is 11.6 Å². The number of nitrogens with one attached hydrogen (secondary N) is 1. The van der Waals surface area contributed by atoms with Gasteiger partial charge in [-0.2, -0.15) is 0 Å². The normalized spacial score (nSPS) is 12.4. The molecule has 0 amide bonds. The summed E-state index contributed by atoms with van der Waals surface area (Å²) in [6, 6.07) is 7.38. The Bertz CT molecular complexity index is 512. The van der Waals surface area contributed by atoms with Crippen LogP contribution in [0.1, 0.15) is 18.7 Å². The third-order valence-corrected chi connectivity index (χ3v) is 3.04. The predicted octanol–water partition coefficient (Wildman–Crippen LogP) is 2.20. The van der Waals surface area contributed by atoms with Crippen molar-refractivity contribution in [3.63, 3.8) is 0 Å². The molecule has 5 nitrogen and oxygen atoms in total. The summed E-state index contributed by atoms with van der Waals surface area (Å²) in [6.07, 6.45) is 1.75. The summed E-state index contributed by atoms with van der Waals surface area (Å²) >= 11 is 5.84. The highest BCUT2D eigenvalue weighted by Gasteiger charge is 2.15. The monoisotopic (exact) mass is 280 g/mol. The van der Waals surface area contributed by atoms with Crippen molar-refractivity contribution in [2.75, 3.05) is 13.2 Å². The lowest BCUT2D eigenvalue weighted by Gasteiger charge is -2.18. The maximum Gasteiger partial charge on any atom is 0.119 e. The molecule has 6 heteroatoms. The molecule has 0 fully saturated rings. The lowest BCUT2D eigenvalue weighted by atomic mass is 10.2. The number of ether oxygens (including phenoxy) is 1. The molecule has 1 unspecified atom stereocenters. The molecule has 19 heavy (non-hydrogen) atoms. The van der Waals surface area contributed by atoms with E-state index in [1.54, 1.807) is 10.9 Å². The van der Waals surface area contributed by atoms with Crippen LogP contribution in [0.25, 0.3) is 0 Å². The molecule has 0 aliphatic rings. The lowest BCUT2D eigenvalue weighted by molar-refractivity contribution is 0.262. The topological polar surface area (TPSA) is 52.0 Å². The smallest absolute Gasteiger partial charge is 0.119 e. The first-order valence-corrected chi connectivity index (χ1v) is 6.55. The molecule has 0 aliphatic carbocycles. The van der Waals surface area contributed by atoms with E-state index in [0.717, 1.165) is 18.0 Å². The van der Waals surface area contributed by atoms with Gasteiger partial charge < -0.3 is 10.1 Å². The highest BCUT2D eigenvalue weighted by atomic mass is 35.5. The van der Waals surface area contributed by atoms with Crippen LogP contribution in [0, 0.1) is 0 Å². The predicted molar refractivity (Wildman–Crippen MR) is 74.4 cm³/mol. The number of hydrogen-bond donors (Lipinski definition) is 1. The Hall–Kier alpha value is -1.59. The van der Waals surface area contributed by atoms with E-state index in [1.807, 2.05) is 31.3 Å². The van der Waals surface area contributed by atoms with Crippen molar-refractivity contribution in [3.8, 4) is 5.75 Å². The van der Waals surface area contributed by atoms with Gasteiger partial charge in [0, 0.05) is 12.1 Å². The summed E-state index contributed by atoms with van der Waals surface area (Å²) in [5, 5.41) is 11.9. The Kier molecular flexibility index (Phi) is 4.76. The highest BCUT2D eigenvalue weighted by Crippen LogP contribution is 2.18. The van der Waals surface area contributed by atoms with Crippen LogP contribution in [-0.2, 0) is 7.05 Å². The highest BCUT2D eigenvalue weighted by molar-refractivity contribution is 6.30. The number of hydrogen-bond acceptors (Lipinski definition) is 4. The molecule has 0 radical (unpaired) electrons. The molecule has 0 spiro atoms. The van der Waals surface area contributed by atoms with Crippen LogP contribution in [0.5, 0.6) is 5.75 Å². The van der Waals surface area contributed by atoms with Crippen molar-refractivity contribution in [1.82, 2.24) is 20.3 Å². The second kappa shape index (κ2) is 6.54. The first kappa shape index (κ1) is 13.8. The number of nitrogens with zero attached hydrogens (tertiary/aromatic N) is 3. The third kappa shape index (κ3) is 3.68. The molecule has 0 saturated heterocycles. The van der Waals surface area contributed by atoms with E-state index in [0.29, 0.717) is 11.6 Å². The minimum atomic E-state index is 0.0562. The molecular formula is C13H17ClN4O. The van der Waals surface area contributed by atoms with E-state index in [9.17, 15) is 0 Å². The summed E-state index contributed by atoms with van der Waals surface area (Å²) in [5.74, 6) is 0.794. The largest absolute Gasteiger partial charge is 0.492 e. The van der Waals surface area contributed by atoms with Gasteiger partial charge in [-0.05, 0) is 30.8 Å². The minimum Gasteiger partial charge on any atom is -0.492 e. The van der Waals surface area contributed by atoms with Crippen LogP contribution in [0.15, 0.2) is 30.5 Å². The maximum absolute atomic E-state index is 5.84. The number of halogens is 1. The lowest BCUT2D eigenvalue weighted by Crippen LogP contribution is -2.28. The van der Waals surface area contributed by atoms with Crippen LogP contribution >= 0.6 is 11.6 Å². The van der Waals surface area contributed by atoms with Crippen LogP contribution < -0.4 is 10.1 Å². The Morgan fingerprint density at radius 1 is 1.37 bits per heavy atom. The molecule has 1 heterocycles. The second-order valence-electron chi connectivity index (χ2n) is 4.16. The SMILES string of the molecule is CCNC(COc1ccc(Cl)cc1)c1cnnn1C. The summed E-state index contributed by atoms with van der Waals surface area (Å²) in [5.41, 5.74) is 0.996.